The van der Waals surface area contributed by atoms with Gasteiger partial charge in [0.2, 0.25) is 0 Å². The lowest BCUT2D eigenvalue weighted by molar-refractivity contribution is 0.319. The molecule has 3 rings (SSSR count). The molecule has 0 aromatic heterocycles. The maximum Gasteiger partial charge on any atom is 0.0849 e. The highest BCUT2D eigenvalue weighted by atomic mass is 16.4. The van der Waals surface area contributed by atoms with Crippen molar-refractivity contribution < 1.29 is 5.21 Å². The van der Waals surface area contributed by atoms with Crippen LogP contribution in [-0.4, -0.2) is 10.9 Å². The van der Waals surface area contributed by atoms with Crippen molar-refractivity contribution in [1.29, 1.82) is 0 Å². The Kier molecular flexibility index (Phi) is 2.49. The first-order valence-electron chi connectivity index (χ1n) is 5.91. The van der Waals surface area contributed by atoms with Crippen molar-refractivity contribution in [2.45, 2.75) is 6.92 Å². The molecule has 0 saturated carbocycles. The molecule has 2 heteroatoms. The minimum Gasteiger partial charge on any atom is -0.411 e. The quantitative estimate of drug-likeness (QED) is 0.291. The van der Waals surface area contributed by atoms with Gasteiger partial charge in [0.25, 0.3) is 0 Å². The SMILES string of the molecule is C/C(=N\O)c1c2ccccc2cc2ccccc12. The molecule has 0 bridgehead atoms. The summed E-state index contributed by atoms with van der Waals surface area (Å²) in [5, 5.41) is 17.0. The molecule has 18 heavy (non-hydrogen) atoms. The number of benzene rings is 3. The molecule has 3 aromatic rings. The zero-order valence-corrected chi connectivity index (χ0v) is 10.1. The van der Waals surface area contributed by atoms with Gasteiger partial charge in [0, 0.05) is 5.56 Å². The molecule has 0 fully saturated rings. The second kappa shape index (κ2) is 4.15. The van der Waals surface area contributed by atoms with Crippen LogP contribution in [0.15, 0.2) is 59.8 Å². The number of hydrogen-bond donors (Lipinski definition) is 1. The molecule has 0 heterocycles. The van der Waals surface area contributed by atoms with E-state index in [2.05, 4.69) is 35.5 Å². The first-order valence-corrected chi connectivity index (χ1v) is 5.91. The molecule has 0 spiro atoms. The van der Waals surface area contributed by atoms with Gasteiger partial charge in [-0.15, -0.1) is 0 Å². The second-order valence-electron chi connectivity index (χ2n) is 4.38. The van der Waals surface area contributed by atoms with E-state index >= 15 is 0 Å². The summed E-state index contributed by atoms with van der Waals surface area (Å²) >= 11 is 0. The van der Waals surface area contributed by atoms with Crippen LogP contribution >= 0.6 is 0 Å². The van der Waals surface area contributed by atoms with E-state index in [1.165, 1.54) is 0 Å². The van der Waals surface area contributed by atoms with Gasteiger partial charge in [0.15, 0.2) is 0 Å². The first kappa shape index (κ1) is 10.8. The molecule has 88 valence electrons. The molecule has 2 nitrogen and oxygen atoms in total. The minimum atomic E-state index is 0.642. The van der Waals surface area contributed by atoms with Gasteiger partial charge < -0.3 is 5.21 Å². The maximum atomic E-state index is 9.10. The number of fused-ring (bicyclic) bond motifs is 2. The Labute approximate surface area is 105 Å². The summed E-state index contributed by atoms with van der Waals surface area (Å²) in [4.78, 5) is 0. The van der Waals surface area contributed by atoms with E-state index < -0.39 is 0 Å². The van der Waals surface area contributed by atoms with Crippen LogP contribution in [0.2, 0.25) is 0 Å². The molecule has 0 aliphatic heterocycles. The third-order valence-corrected chi connectivity index (χ3v) is 3.28. The molecule has 0 unspecified atom stereocenters. The molecule has 0 atom stereocenters. The predicted octanol–water partition coefficient (Wildman–Crippen LogP) is 4.19. The highest BCUT2D eigenvalue weighted by molar-refractivity contribution is 6.19. The Balaban J connectivity index is 2.58. The fraction of sp³-hybridized carbons (Fsp3) is 0.0625. The molecule has 0 saturated heterocycles. The Bertz CT molecular complexity index is 705. The Morgan fingerprint density at radius 1 is 0.889 bits per heavy atom. The molecular formula is C16H13NO. The summed E-state index contributed by atoms with van der Waals surface area (Å²) in [6.07, 6.45) is 0. The zero-order chi connectivity index (χ0) is 12.5. The molecule has 0 aliphatic carbocycles. The maximum absolute atomic E-state index is 9.10. The van der Waals surface area contributed by atoms with Gasteiger partial charge in [-0.05, 0) is 34.5 Å². The highest BCUT2D eigenvalue weighted by Gasteiger charge is 2.09. The lowest BCUT2D eigenvalue weighted by atomic mass is 9.94. The normalized spacial score (nSPS) is 12.2. The van der Waals surface area contributed by atoms with Crippen molar-refractivity contribution >= 4 is 27.3 Å². The van der Waals surface area contributed by atoms with Crippen LogP contribution in [0, 0.1) is 0 Å². The second-order valence-corrected chi connectivity index (χ2v) is 4.38. The highest BCUT2D eigenvalue weighted by Crippen LogP contribution is 2.28. The molecule has 1 N–H and O–H groups in total. The van der Waals surface area contributed by atoms with E-state index in [0.717, 1.165) is 27.1 Å². The van der Waals surface area contributed by atoms with Crippen molar-refractivity contribution in [1.82, 2.24) is 0 Å². The summed E-state index contributed by atoms with van der Waals surface area (Å²) < 4.78 is 0. The van der Waals surface area contributed by atoms with Crippen molar-refractivity contribution in [2.24, 2.45) is 5.16 Å². The smallest absolute Gasteiger partial charge is 0.0849 e. The summed E-state index contributed by atoms with van der Waals surface area (Å²) in [6, 6.07) is 18.5. The van der Waals surface area contributed by atoms with Gasteiger partial charge in [-0.3, -0.25) is 0 Å². The molecule has 3 aromatic carbocycles. The molecular weight excluding hydrogens is 222 g/mol. The van der Waals surface area contributed by atoms with Crippen LogP contribution in [0.25, 0.3) is 21.5 Å². The predicted molar refractivity (Wildman–Crippen MR) is 75.5 cm³/mol. The van der Waals surface area contributed by atoms with E-state index in [1.54, 1.807) is 0 Å². The Hall–Kier alpha value is -2.35. The number of rotatable bonds is 1. The van der Waals surface area contributed by atoms with Gasteiger partial charge in [-0.1, -0.05) is 53.7 Å². The summed E-state index contributed by atoms with van der Waals surface area (Å²) in [5.74, 6) is 0. The van der Waals surface area contributed by atoms with Crippen LogP contribution < -0.4 is 0 Å². The third kappa shape index (κ3) is 1.54. The Morgan fingerprint density at radius 3 is 1.89 bits per heavy atom. The summed E-state index contributed by atoms with van der Waals surface area (Å²) in [6.45, 7) is 1.83. The Morgan fingerprint density at radius 2 is 1.39 bits per heavy atom. The fourth-order valence-corrected chi connectivity index (χ4v) is 2.45. The average molecular weight is 235 g/mol. The van der Waals surface area contributed by atoms with E-state index in [9.17, 15) is 0 Å². The molecule has 0 aliphatic rings. The van der Waals surface area contributed by atoms with Crippen molar-refractivity contribution in [3.05, 3.63) is 60.2 Å². The number of nitrogens with zero attached hydrogens (tertiary/aromatic N) is 1. The first-order chi connectivity index (χ1) is 8.81. The minimum absolute atomic E-state index is 0.642. The van der Waals surface area contributed by atoms with Crippen molar-refractivity contribution in [3.8, 4) is 0 Å². The van der Waals surface area contributed by atoms with Gasteiger partial charge >= 0.3 is 0 Å². The third-order valence-electron chi connectivity index (χ3n) is 3.28. The van der Waals surface area contributed by atoms with Crippen LogP contribution in [0.1, 0.15) is 12.5 Å². The number of hydrogen-bond acceptors (Lipinski definition) is 2. The lowest BCUT2D eigenvalue weighted by Gasteiger charge is -2.10. The monoisotopic (exact) mass is 235 g/mol. The van der Waals surface area contributed by atoms with Crippen LogP contribution in [0.4, 0.5) is 0 Å². The van der Waals surface area contributed by atoms with Gasteiger partial charge in [0.05, 0.1) is 5.71 Å². The van der Waals surface area contributed by atoms with Gasteiger partial charge in [-0.2, -0.15) is 0 Å². The van der Waals surface area contributed by atoms with E-state index in [1.807, 2.05) is 31.2 Å². The molecule has 0 amide bonds. The van der Waals surface area contributed by atoms with Gasteiger partial charge in [-0.25, -0.2) is 0 Å². The molecule has 0 radical (unpaired) electrons. The van der Waals surface area contributed by atoms with E-state index in [4.69, 9.17) is 5.21 Å². The van der Waals surface area contributed by atoms with Gasteiger partial charge in [0.1, 0.15) is 0 Å². The van der Waals surface area contributed by atoms with E-state index in [0.29, 0.717) is 5.71 Å². The fourth-order valence-electron chi connectivity index (χ4n) is 2.45. The lowest BCUT2D eigenvalue weighted by Crippen LogP contribution is -1.97. The topological polar surface area (TPSA) is 32.6 Å². The van der Waals surface area contributed by atoms with Crippen LogP contribution in [-0.2, 0) is 0 Å². The van der Waals surface area contributed by atoms with Crippen molar-refractivity contribution in [3.63, 3.8) is 0 Å². The van der Waals surface area contributed by atoms with Crippen molar-refractivity contribution in [2.75, 3.05) is 0 Å². The average Bonchev–Trinajstić information content (AvgIpc) is 2.44. The largest absolute Gasteiger partial charge is 0.411 e. The summed E-state index contributed by atoms with van der Waals surface area (Å²) in [7, 11) is 0. The van der Waals surface area contributed by atoms with E-state index in [-0.39, 0.29) is 0 Å². The number of oxime groups is 1. The summed E-state index contributed by atoms with van der Waals surface area (Å²) in [5.41, 5.74) is 1.65. The van der Waals surface area contributed by atoms with Crippen LogP contribution in [0.5, 0.6) is 0 Å². The zero-order valence-electron chi connectivity index (χ0n) is 10.1. The van der Waals surface area contributed by atoms with Crippen LogP contribution in [0.3, 0.4) is 0 Å². The standard InChI is InChI=1S/C16H13NO/c1-11(17-18)16-14-8-4-2-6-12(14)10-13-7-3-5-9-15(13)16/h2-10,18H,1H3/b17-11+.